The molecule has 110 valence electrons. The highest BCUT2D eigenvalue weighted by Gasteiger charge is 2.18. The van der Waals surface area contributed by atoms with Crippen LogP contribution >= 0.6 is 0 Å². The van der Waals surface area contributed by atoms with Gasteiger partial charge in [0.15, 0.2) is 0 Å². The fourth-order valence-electron chi connectivity index (χ4n) is 1.91. The molecule has 6 nitrogen and oxygen atoms in total. The van der Waals surface area contributed by atoms with Crippen LogP contribution in [0.4, 0.5) is 4.39 Å². The lowest BCUT2D eigenvalue weighted by molar-refractivity contribution is 0.595. The van der Waals surface area contributed by atoms with E-state index in [0.717, 1.165) is 12.3 Å². The van der Waals surface area contributed by atoms with Gasteiger partial charge in [0, 0.05) is 29.9 Å². The Hall–Kier alpha value is -1.45. The van der Waals surface area contributed by atoms with E-state index in [1.54, 1.807) is 0 Å². The Kier molecular flexibility index (Phi) is 3.61. The summed E-state index contributed by atoms with van der Waals surface area (Å²) < 4.78 is 60.0. The molecule has 0 saturated heterocycles. The molecule has 1 aromatic heterocycles. The van der Waals surface area contributed by atoms with E-state index in [-0.39, 0.29) is 22.6 Å². The Morgan fingerprint density at radius 2 is 1.90 bits per heavy atom. The molecule has 0 aliphatic carbocycles. The second-order valence-corrected chi connectivity index (χ2v) is 8.31. The van der Waals surface area contributed by atoms with Crippen molar-refractivity contribution in [1.29, 1.82) is 0 Å². The second kappa shape index (κ2) is 4.83. The number of hydrogen-bond acceptors (Lipinski definition) is 4. The fraction of sp³-hybridized carbons (Fsp3) is 0.273. The third-order valence-corrected chi connectivity index (χ3v) is 4.68. The number of sulfone groups is 1. The number of aryl methyl sites for hydroxylation is 1. The summed E-state index contributed by atoms with van der Waals surface area (Å²) in [4.78, 5) is -0.222. The van der Waals surface area contributed by atoms with Crippen molar-refractivity contribution in [2.24, 2.45) is 5.14 Å². The van der Waals surface area contributed by atoms with Crippen LogP contribution in [0, 0.1) is 5.82 Å². The molecule has 0 radical (unpaired) electrons. The standard InChI is InChI=1S/C11H13FN2O4S2/c1-19(15,16)5-4-14-7-11(20(13,17)18)9-6-8(12)2-3-10(9)14/h2-3,6-7H,4-5H2,1H3,(H2,13,17,18). The molecule has 0 atom stereocenters. The van der Waals surface area contributed by atoms with Crippen molar-refractivity contribution in [1.82, 2.24) is 4.57 Å². The van der Waals surface area contributed by atoms with Gasteiger partial charge in [-0.2, -0.15) is 0 Å². The number of rotatable bonds is 4. The molecule has 2 aromatic rings. The largest absolute Gasteiger partial charge is 0.345 e. The second-order valence-electron chi connectivity index (χ2n) is 4.52. The van der Waals surface area contributed by atoms with Crippen molar-refractivity contribution < 1.29 is 21.2 Å². The van der Waals surface area contributed by atoms with Crippen LogP contribution in [0.5, 0.6) is 0 Å². The number of sulfonamides is 1. The molecule has 0 spiro atoms. The van der Waals surface area contributed by atoms with Gasteiger partial charge in [-0.15, -0.1) is 0 Å². The average Bonchev–Trinajstić information content (AvgIpc) is 2.63. The van der Waals surface area contributed by atoms with Crippen molar-refractivity contribution >= 4 is 30.8 Å². The van der Waals surface area contributed by atoms with E-state index >= 15 is 0 Å². The summed E-state index contributed by atoms with van der Waals surface area (Å²) in [6.45, 7) is 0.0660. The maximum atomic E-state index is 13.2. The summed E-state index contributed by atoms with van der Waals surface area (Å²) in [5.74, 6) is -0.749. The van der Waals surface area contributed by atoms with Crippen LogP contribution in [0.2, 0.25) is 0 Å². The van der Waals surface area contributed by atoms with Crippen LogP contribution in [0.1, 0.15) is 0 Å². The summed E-state index contributed by atoms with van der Waals surface area (Å²) in [5.41, 5.74) is 0.416. The summed E-state index contributed by atoms with van der Waals surface area (Å²) in [6, 6.07) is 3.62. The maximum Gasteiger partial charge on any atom is 0.240 e. The molecule has 0 unspecified atom stereocenters. The molecule has 2 rings (SSSR count). The minimum atomic E-state index is -4.02. The summed E-state index contributed by atoms with van der Waals surface area (Å²) in [7, 11) is -7.22. The van der Waals surface area contributed by atoms with Gasteiger partial charge in [-0.25, -0.2) is 26.4 Å². The number of benzene rings is 1. The highest BCUT2D eigenvalue weighted by Crippen LogP contribution is 2.25. The summed E-state index contributed by atoms with van der Waals surface area (Å²) >= 11 is 0. The minimum Gasteiger partial charge on any atom is -0.345 e. The van der Waals surface area contributed by atoms with E-state index < -0.39 is 25.7 Å². The number of nitrogens with two attached hydrogens (primary N) is 1. The Morgan fingerprint density at radius 3 is 2.45 bits per heavy atom. The molecule has 9 heteroatoms. The molecular formula is C11H13FN2O4S2. The van der Waals surface area contributed by atoms with E-state index in [1.165, 1.54) is 22.9 Å². The van der Waals surface area contributed by atoms with E-state index in [9.17, 15) is 21.2 Å². The first-order valence-electron chi connectivity index (χ1n) is 5.57. The predicted octanol–water partition coefficient (Wildman–Crippen LogP) is 0.472. The smallest absolute Gasteiger partial charge is 0.240 e. The van der Waals surface area contributed by atoms with E-state index in [2.05, 4.69) is 0 Å². The molecule has 0 aliphatic heterocycles. The van der Waals surface area contributed by atoms with E-state index in [1.807, 2.05) is 0 Å². The highest BCUT2D eigenvalue weighted by molar-refractivity contribution is 7.90. The van der Waals surface area contributed by atoms with Crippen LogP contribution in [0.3, 0.4) is 0 Å². The number of primary sulfonamides is 1. The average molecular weight is 320 g/mol. The molecule has 0 fully saturated rings. The number of halogens is 1. The van der Waals surface area contributed by atoms with Gasteiger partial charge in [-0.3, -0.25) is 0 Å². The Morgan fingerprint density at radius 1 is 1.25 bits per heavy atom. The topological polar surface area (TPSA) is 99.2 Å². The maximum absolute atomic E-state index is 13.2. The van der Waals surface area contributed by atoms with Crippen molar-refractivity contribution in [2.75, 3.05) is 12.0 Å². The number of nitrogens with zero attached hydrogens (tertiary/aromatic N) is 1. The first-order chi connectivity index (χ1) is 9.08. The SMILES string of the molecule is CS(=O)(=O)CCn1cc(S(N)(=O)=O)c2cc(F)ccc21. The predicted molar refractivity (Wildman–Crippen MR) is 73.0 cm³/mol. The third kappa shape index (κ3) is 3.17. The number of hydrogen-bond donors (Lipinski definition) is 1. The van der Waals surface area contributed by atoms with Crippen molar-refractivity contribution in [3.8, 4) is 0 Å². The van der Waals surface area contributed by atoms with Gasteiger partial charge in [0.25, 0.3) is 0 Å². The van der Waals surface area contributed by atoms with Crippen LogP contribution in [-0.2, 0) is 26.4 Å². The van der Waals surface area contributed by atoms with Crippen molar-refractivity contribution in [2.45, 2.75) is 11.4 Å². The molecule has 20 heavy (non-hydrogen) atoms. The number of fused-ring (bicyclic) bond motifs is 1. The van der Waals surface area contributed by atoms with Gasteiger partial charge in [0.05, 0.1) is 5.75 Å². The molecule has 1 aromatic carbocycles. The normalized spacial score (nSPS) is 12.9. The Bertz CT molecular complexity index is 869. The van der Waals surface area contributed by atoms with E-state index in [4.69, 9.17) is 5.14 Å². The van der Waals surface area contributed by atoms with Gasteiger partial charge >= 0.3 is 0 Å². The van der Waals surface area contributed by atoms with E-state index in [0.29, 0.717) is 5.52 Å². The third-order valence-electron chi connectivity index (χ3n) is 2.82. The molecule has 0 bridgehead atoms. The lowest BCUT2D eigenvalue weighted by Gasteiger charge is -2.03. The van der Waals surface area contributed by atoms with Gasteiger partial charge < -0.3 is 4.57 Å². The molecule has 1 heterocycles. The molecule has 2 N–H and O–H groups in total. The van der Waals surface area contributed by atoms with Crippen molar-refractivity contribution in [3.63, 3.8) is 0 Å². The summed E-state index contributed by atoms with van der Waals surface area (Å²) in [6.07, 6.45) is 2.31. The minimum absolute atomic E-state index is 0.0660. The molecular weight excluding hydrogens is 307 g/mol. The first kappa shape index (κ1) is 14.9. The molecule has 0 saturated carbocycles. The summed E-state index contributed by atoms with van der Waals surface area (Å²) in [5, 5.41) is 5.23. The van der Waals surface area contributed by atoms with Gasteiger partial charge in [0.1, 0.15) is 20.5 Å². The fourth-order valence-corrected chi connectivity index (χ4v) is 3.19. The zero-order valence-corrected chi connectivity index (χ0v) is 12.2. The first-order valence-corrected chi connectivity index (χ1v) is 9.17. The number of aromatic nitrogens is 1. The van der Waals surface area contributed by atoms with Gasteiger partial charge in [-0.1, -0.05) is 0 Å². The molecule has 0 aliphatic rings. The van der Waals surface area contributed by atoms with Crippen LogP contribution in [0.15, 0.2) is 29.3 Å². The Balaban J connectivity index is 2.62. The van der Waals surface area contributed by atoms with Crippen LogP contribution < -0.4 is 5.14 Å². The van der Waals surface area contributed by atoms with Crippen LogP contribution in [-0.4, -0.2) is 33.4 Å². The van der Waals surface area contributed by atoms with Gasteiger partial charge in [0.2, 0.25) is 10.0 Å². The monoisotopic (exact) mass is 320 g/mol. The van der Waals surface area contributed by atoms with Crippen molar-refractivity contribution in [3.05, 3.63) is 30.2 Å². The zero-order chi connectivity index (χ0) is 15.1. The molecule has 0 amide bonds. The lowest BCUT2D eigenvalue weighted by atomic mass is 10.2. The quantitative estimate of drug-likeness (QED) is 0.885. The Labute approximate surface area is 116 Å². The lowest BCUT2D eigenvalue weighted by Crippen LogP contribution is -2.12. The van der Waals surface area contributed by atoms with Crippen LogP contribution in [0.25, 0.3) is 10.9 Å². The zero-order valence-electron chi connectivity index (χ0n) is 10.6. The highest BCUT2D eigenvalue weighted by atomic mass is 32.2. The van der Waals surface area contributed by atoms with Gasteiger partial charge in [-0.05, 0) is 18.2 Å².